The van der Waals surface area contributed by atoms with Gasteiger partial charge in [-0.25, -0.2) is 4.39 Å². The molecule has 1 saturated heterocycles. The zero-order chi connectivity index (χ0) is 33.1. The van der Waals surface area contributed by atoms with E-state index in [4.69, 9.17) is 39.5 Å². The lowest BCUT2D eigenvalue weighted by Gasteiger charge is -2.47. The fourth-order valence-corrected chi connectivity index (χ4v) is 5.73. The second kappa shape index (κ2) is 16.9. The molecule has 10 atom stereocenters. The first-order chi connectivity index (χ1) is 22.2. The second-order valence-electron chi connectivity index (χ2n) is 11.2. The number of hydrogen-bond donors (Lipinski definition) is 0. The number of hydrogen-bond acceptors (Lipinski definition) is 10. The maximum Gasteiger partial charge on any atom is 0.303 e. The highest BCUT2D eigenvalue weighted by molar-refractivity contribution is 5.67. The second-order valence-corrected chi connectivity index (χ2v) is 11.2. The summed E-state index contributed by atoms with van der Waals surface area (Å²) in [5.74, 6) is -1.85. The van der Waals surface area contributed by atoms with E-state index in [-0.39, 0.29) is 26.2 Å². The van der Waals surface area contributed by atoms with Crippen molar-refractivity contribution in [2.45, 2.75) is 95.5 Å². The molecule has 1 saturated carbocycles. The van der Waals surface area contributed by atoms with Crippen molar-refractivity contribution in [3.05, 3.63) is 92.7 Å². The van der Waals surface area contributed by atoms with E-state index in [0.29, 0.717) is 0 Å². The number of alkyl halides is 1. The molecule has 14 nitrogen and oxygen atoms in total. The van der Waals surface area contributed by atoms with Crippen molar-refractivity contribution in [2.75, 3.05) is 6.54 Å². The molecule has 2 aliphatic rings. The Hall–Kier alpha value is -4.23. The van der Waals surface area contributed by atoms with Gasteiger partial charge in [0.15, 0.2) is 18.6 Å². The molecule has 0 amide bonds. The Morgan fingerprint density at radius 3 is 1.96 bits per heavy atom. The van der Waals surface area contributed by atoms with Gasteiger partial charge >= 0.3 is 11.9 Å². The van der Waals surface area contributed by atoms with Crippen LogP contribution < -0.4 is 0 Å². The van der Waals surface area contributed by atoms with E-state index >= 15 is 4.39 Å². The van der Waals surface area contributed by atoms with Gasteiger partial charge in [0.05, 0.1) is 31.9 Å². The summed E-state index contributed by atoms with van der Waals surface area (Å²) < 4.78 is 52.5. The van der Waals surface area contributed by atoms with Crippen molar-refractivity contribution in [3.8, 4) is 0 Å². The van der Waals surface area contributed by atoms with Crippen LogP contribution in [0.25, 0.3) is 20.9 Å². The van der Waals surface area contributed by atoms with Gasteiger partial charge in [-0.1, -0.05) is 77.8 Å². The maximum atomic E-state index is 16.7. The summed E-state index contributed by atoms with van der Waals surface area (Å²) in [7, 11) is 0. The summed E-state index contributed by atoms with van der Waals surface area (Å²) in [5.41, 5.74) is 19.8. The number of esters is 2. The van der Waals surface area contributed by atoms with Gasteiger partial charge in [0.25, 0.3) is 0 Å². The maximum absolute atomic E-state index is 16.7. The number of carbonyl (C=O) groups excluding carboxylic acids is 2. The number of rotatable bonds is 13. The number of nitrogens with zero attached hydrogens (tertiary/aromatic N) is 6. The third-order valence-corrected chi connectivity index (χ3v) is 7.76. The molecule has 1 aliphatic heterocycles. The Kier molecular flexibility index (Phi) is 12.7. The summed E-state index contributed by atoms with van der Waals surface area (Å²) in [6.45, 7) is 3.90. The lowest BCUT2D eigenvalue weighted by atomic mass is 9.80. The first-order valence-corrected chi connectivity index (χ1v) is 14.9. The van der Waals surface area contributed by atoms with E-state index in [1.807, 2.05) is 60.7 Å². The van der Waals surface area contributed by atoms with Crippen LogP contribution in [0.4, 0.5) is 4.39 Å². The molecule has 0 bridgehead atoms. The number of carbonyl (C=O) groups is 2. The van der Waals surface area contributed by atoms with E-state index in [1.165, 1.54) is 13.8 Å². The molecule has 2 aromatic rings. The van der Waals surface area contributed by atoms with Crippen LogP contribution in [-0.4, -0.2) is 73.6 Å². The normalized spacial score (nSPS) is 30.7. The Balaban J connectivity index is 1.67. The summed E-state index contributed by atoms with van der Waals surface area (Å²) in [5, 5.41) is 7.39. The summed E-state index contributed by atoms with van der Waals surface area (Å²) in [6, 6.07) is 17.4. The van der Waals surface area contributed by atoms with Crippen LogP contribution in [0.15, 0.2) is 70.9 Å². The first-order valence-electron chi connectivity index (χ1n) is 14.9. The predicted octanol–water partition coefficient (Wildman–Crippen LogP) is 5.50. The molecule has 2 aromatic carbocycles. The van der Waals surface area contributed by atoms with E-state index in [2.05, 4.69) is 20.1 Å². The van der Waals surface area contributed by atoms with E-state index in [0.717, 1.165) is 11.1 Å². The Morgan fingerprint density at radius 2 is 1.41 bits per heavy atom. The monoisotopic (exact) mass is 640 g/mol. The van der Waals surface area contributed by atoms with Gasteiger partial charge < -0.3 is 28.4 Å². The van der Waals surface area contributed by atoms with Gasteiger partial charge in [0, 0.05) is 23.7 Å². The Labute approximate surface area is 265 Å². The Bertz CT molecular complexity index is 1390. The molecule has 1 aliphatic carbocycles. The van der Waals surface area contributed by atoms with Gasteiger partial charge in [-0.3, -0.25) is 9.59 Å². The van der Waals surface area contributed by atoms with Gasteiger partial charge in [-0.15, -0.1) is 0 Å². The lowest BCUT2D eigenvalue weighted by Crippen LogP contribution is -2.62. The SMILES string of the molecule is CC(=O)O[C@H]1[C@H](O[C@H]2O[C@H](CN=[N+]=[N-])[C@@H](OCc3ccccc3)[C@H](F)[C@H]2OCc2ccccc2)[C@@H](C)CC(N=[N+]=[N-])[C@@H]1OC(C)=O. The zero-order valence-electron chi connectivity index (χ0n) is 25.7. The highest BCUT2D eigenvalue weighted by Crippen LogP contribution is 2.38. The molecule has 246 valence electrons. The standard InChI is InChI=1S/C31H37FN6O8/c1-18-14-23(36-38-34)27(43-19(2)39)30(44-20(3)40)26(18)46-31-29(42-17-22-12-8-5-9-13-22)25(32)28(24(45-31)15-35-37-33)41-16-21-10-6-4-7-11-21/h4-13,18,23-31H,14-17H2,1-3H3/t18-,23?,24+,25-,26+,27-,28+,29+,30-,31+/m0/s1. The smallest absolute Gasteiger partial charge is 0.303 e. The van der Waals surface area contributed by atoms with Crippen LogP contribution in [-0.2, 0) is 51.2 Å². The summed E-state index contributed by atoms with van der Waals surface area (Å²) in [4.78, 5) is 30.0. The quantitative estimate of drug-likeness (QED) is 0.119. The molecule has 46 heavy (non-hydrogen) atoms. The molecule has 2 fully saturated rings. The van der Waals surface area contributed by atoms with Crippen LogP contribution in [0, 0.1) is 5.92 Å². The third kappa shape index (κ3) is 9.16. The van der Waals surface area contributed by atoms with Crippen LogP contribution in [0.3, 0.4) is 0 Å². The molecule has 0 N–H and O–H groups in total. The van der Waals surface area contributed by atoms with Crippen LogP contribution >= 0.6 is 0 Å². The zero-order valence-corrected chi connectivity index (χ0v) is 25.7. The average molecular weight is 641 g/mol. The third-order valence-electron chi connectivity index (χ3n) is 7.76. The highest BCUT2D eigenvalue weighted by atomic mass is 19.1. The van der Waals surface area contributed by atoms with Crippen LogP contribution in [0.5, 0.6) is 0 Å². The minimum atomic E-state index is -1.82. The highest BCUT2D eigenvalue weighted by Gasteiger charge is 2.53. The molecule has 0 aromatic heterocycles. The largest absolute Gasteiger partial charge is 0.458 e. The van der Waals surface area contributed by atoms with Crippen molar-refractivity contribution < 1.29 is 42.4 Å². The van der Waals surface area contributed by atoms with Gasteiger partial charge in [-0.05, 0) is 34.5 Å². The summed E-state index contributed by atoms with van der Waals surface area (Å²) in [6.07, 6.45) is -10.1. The van der Waals surface area contributed by atoms with Gasteiger partial charge in [-0.2, -0.15) is 0 Å². The van der Waals surface area contributed by atoms with Crippen molar-refractivity contribution >= 4 is 11.9 Å². The molecule has 0 radical (unpaired) electrons. The fourth-order valence-electron chi connectivity index (χ4n) is 5.73. The number of ether oxygens (including phenoxy) is 6. The molecular weight excluding hydrogens is 603 g/mol. The molecule has 4 rings (SSSR count). The minimum absolute atomic E-state index is 0.00416. The average Bonchev–Trinajstić information content (AvgIpc) is 3.03. The van der Waals surface area contributed by atoms with Gasteiger partial charge in [0.2, 0.25) is 0 Å². The minimum Gasteiger partial charge on any atom is -0.458 e. The molecule has 1 unspecified atom stereocenters. The van der Waals surface area contributed by atoms with Crippen molar-refractivity contribution in [3.63, 3.8) is 0 Å². The lowest BCUT2D eigenvalue weighted by molar-refractivity contribution is -0.328. The number of halogens is 1. The van der Waals surface area contributed by atoms with Gasteiger partial charge in [0.1, 0.15) is 24.4 Å². The number of azide groups is 2. The predicted molar refractivity (Wildman–Crippen MR) is 160 cm³/mol. The van der Waals surface area contributed by atoms with E-state index < -0.39 is 73.0 Å². The topological polar surface area (TPSA) is 187 Å². The van der Waals surface area contributed by atoms with Crippen molar-refractivity contribution in [2.24, 2.45) is 16.1 Å². The molecule has 1 heterocycles. The fraction of sp³-hybridized carbons (Fsp3) is 0.548. The molecule has 0 spiro atoms. The molecular formula is C31H37FN6O8. The van der Waals surface area contributed by atoms with E-state index in [9.17, 15) is 9.59 Å². The number of benzene rings is 2. The Morgan fingerprint density at radius 1 is 0.848 bits per heavy atom. The van der Waals surface area contributed by atoms with Crippen molar-refractivity contribution in [1.29, 1.82) is 0 Å². The summed E-state index contributed by atoms with van der Waals surface area (Å²) >= 11 is 0. The van der Waals surface area contributed by atoms with E-state index in [1.54, 1.807) is 6.92 Å². The molecule has 15 heteroatoms. The van der Waals surface area contributed by atoms with Crippen LogP contribution in [0.2, 0.25) is 0 Å². The first kappa shape index (κ1) is 34.6. The van der Waals surface area contributed by atoms with Crippen molar-refractivity contribution in [1.82, 2.24) is 0 Å². The van der Waals surface area contributed by atoms with Crippen LogP contribution in [0.1, 0.15) is 38.3 Å².